The number of hydrogen-bond donors (Lipinski definition) is 0. The van der Waals surface area contributed by atoms with E-state index in [-0.39, 0.29) is 11.8 Å². The number of likely N-dealkylation sites (tertiary alicyclic amines) is 1. The van der Waals surface area contributed by atoms with Gasteiger partial charge < -0.3 is 9.42 Å². The molecular formula is C17H23N3O2S. The van der Waals surface area contributed by atoms with Crippen molar-refractivity contribution in [3.63, 3.8) is 0 Å². The van der Waals surface area contributed by atoms with Crippen LogP contribution in [0.2, 0.25) is 0 Å². The largest absolute Gasteiger partial charge is 0.361 e. The van der Waals surface area contributed by atoms with Crippen molar-refractivity contribution in [2.75, 3.05) is 13.1 Å². The van der Waals surface area contributed by atoms with E-state index in [0.717, 1.165) is 53.7 Å². The second kappa shape index (κ2) is 6.43. The van der Waals surface area contributed by atoms with Crippen molar-refractivity contribution in [1.82, 2.24) is 15.0 Å². The highest BCUT2D eigenvalue weighted by Gasteiger charge is 2.31. The first-order chi connectivity index (χ1) is 11.0. The minimum atomic E-state index is -0.210. The molecule has 0 bridgehead atoms. The maximum atomic E-state index is 12.9. The van der Waals surface area contributed by atoms with E-state index in [4.69, 9.17) is 4.52 Å². The Kier molecular flexibility index (Phi) is 4.53. The third kappa shape index (κ3) is 3.17. The van der Waals surface area contributed by atoms with Crippen LogP contribution in [0.3, 0.4) is 0 Å². The Morgan fingerprint density at radius 1 is 1.43 bits per heavy atom. The van der Waals surface area contributed by atoms with Crippen molar-refractivity contribution in [3.05, 3.63) is 33.1 Å². The maximum absolute atomic E-state index is 12.9. The molecule has 3 heterocycles. The van der Waals surface area contributed by atoms with Gasteiger partial charge in [-0.2, -0.15) is 0 Å². The molecule has 6 heteroatoms. The highest BCUT2D eigenvalue weighted by atomic mass is 32.1. The van der Waals surface area contributed by atoms with E-state index in [1.54, 1.807) is 11.3 Å². The molecule has 23 heavy (non-hydrogen) atoms. The quantitative estimate of drug-likeness (QED) is 0.861. The Hall–Kier alpha value is -1.69. The Balaban J connectivity index is 1.74. The summed E-state index contributed by atoms with van der Waals surface area (Å²) in [6.45, 7) is 9.33. The number of piperidine rings is 1. The molecule has 124 valence electrons. The maximum Gasteiger partial charge on any atom is 0.230 e. The molecule has 0 unspecified atom stereocenters. The molecule has 2 atom stereocenters. The van der Waals surface area contributed by atoms with Crippen LogP contribution in [0, 0.1) is 20.8 Å². The summed E-state index contributed by atoms with van der Waals surface area (Å²) in [5, 5.41) is 7.22. The smallest absolute Gasteiger partial charge is 0.230 e. The molecule has 1 fully saturated rings. The normalized spacial score (nSPS) is 19.8. The first-order valence-electron chi connectivity index (χ1n) is 8.11. The summed E-state index contributed by atoms with van der Waals surface area (Å²) >= 11 is 1.71. The van der Waals surface area contributed by atoms with E-state index in [1.165, 1.54) is 0 Å². The van der Waals surface area contributed by atoms with Gasteiger partial charge in [-0.3, -0.25) is 4.79 Å². The van der Waals surface area contributed by atoms with Gasteiger partial charge in [-0.15, -0.1) is 11.3 Å². The fraction of sp³-hybridized carbons (Fsp3) is 0.588. The number of aryl methyl sites for hydroxylation is 3. The van der Waals surface area contributed by atoms with Crippen molar-refractivity contribution in [3.8, 4) is 0 Å². The number of carbonyl (C=O) groups is 1. The third-order valence-electron chi connectivity index (χ3n) is 4.61. The van der Waals surface area contributed by atoms with Crippen LogP contribution in [-0.4, -0.2) is 34.0 Å². The molecule has 2 aromatic rings. The Labute approximate surface area is 140 Å². The Bertz CT molecular complexity index is 687. The molecule has 1 aliphatic heterocycles. The Morgan fingerprint density at radius 3 is 2.83 bits per heavy atom. The number of rotatable bonds is 3. The van der Waals surface area contributed by atoms with Gasteiger partial charge in [0.15, 0.2) is 0 Å². The lowest BCUT2D eigenvalue weighted by Gasteiger charge is -2.33. The van der Waals surface area contributed by atoms with E-state index in [1.807, 2.05) is 32.6 Å². The lowest BCUT2D eigenvalue weighted by molar-refractivity contribution is -0.133. The SMILES string of the molecule is Cc1csc([C@H]2CCCN(C(=O)[C@H](C)c3c(C)noc3C)C2)n1. The van der Waals surface area contributed by atoms with E-state index in [9.17, 15) is 4.79 Å². The van der Waals surface area contributed by atoms with Crippen LogP contribution < -0.4 is 0 Å². The van der Waals surface area contributed by atoms with E-state index < -0.39 is 0 Å². The molecule has 0 radical (unpaired) electrons. The number of thiazole rings is 1. The highest BCUT2D eigenvalue weighted by Crippen LogP contribution is 2.32. The first-order valence-corrected chi connectivity index (χ1v) is 8.99. The lowest BCUT2D eigenvalue weighted by Crippen LogP contribution is -2.41. The lowest BCUT2D eigenvalue weighted by atomic mass is 9.94. The second-order valence-corrected chi connectivity index (χ2v) is 7.30. The number of aromatic nitrogens is 2. The molecule has 1 amide bonds. The number of carbonyl (C=O) groups excluding carboxylic acids is 1. The monoisotopic (exact) mass is 333 g/mol. The summed E-state index contributed by atoms with van der Waals surface area (Å²) in [5.41, 5.74) is 2.81. The van der Waals surface area contributed by atoms with Gasteiger partial charge in [0.05, 0.1) is 16.6 Å². The molecule has 0 aromatic carbocycles. The van der Waals surface area contributed by atoms with Gasteiger partial charge in [-0.25, -0.2) is 4.98 Å². The number of amides is 1. The summed E-state index contributed by atoms with van der Waals surface area (Å²) in [4.78, 5) is 19.5. The van der Waals surface area contributed by atoms with Gasteiger partial charge in [-0.05, 0) is 40.5 Å². The van der Waals surface area contributed by atoms with Gasteiger partial charge in [0, 0.05) is 35.6 Å². The zero-order valence-electron chi connectivity index (χ0n) is 14.1. The minimum Gasteiger partial charge on any atom is -0.361 e. The van der Waals surface area contributed by atoms with Crippen molar-refractivity contribution in [2.45, 2.75) is 52.4 Å². The predicted octanol–water partition coefficient (Wildman–Crippen LogP) is 3.57. The van der Waals surface area contributed by atoms with Gasteiger partial charge in [0.25, 0.3) is 0 Å². The van der Waals surface area contributed by atoms with Gasteiger partial charge in [0.2, 0.25) is 5.91 Å². The van der Waals surface area contributed by atoms with E-state index in [0.29, 0.717) is 5.92 Å². The molecule has 5 nitrogen and oxygen atoms in total. The molecular weight excluding hydrogens is 310 g/mol. The second-order valence-electron chi connectivity index (χ2n) is 6.41. The standard InChI is InChI=1S/C17H23N3O2S/c1-10-9-23-16(18-10)14-6-5-7-20(8-14)17(21)11(2)15-12(3)19-22-13(15)4/h9,11,14H,5-8H2,1-4H3/t11-,14+/m1/s1. The first kappa shape index (κ1) is 16.2. The van der Waals surface area contributed by atoms with Crippen LogP contribution >= 0.6 is 11.3 Å². The van der Waals surface area contributed by atoms with Crippen LogP contribution in [0.25, 0.3) is 0 Å². The molecule has 0 aliphatic carbocycles. The van der Waals surface area contributed by atoms with Crippen LogP contribution in [-0.2, 0) is 4.79 Å². The number of hydrogen-bond acceptors (Lipinski definition) is 5. The molecule has 3 rings (SSSR count). The average Bonchev–Trinajstić information content (AvgIpc) is 3.12. The highest BCUT2D eigenvalue weighted by molar-refractivity contribution is 7.09. The van der Waals surface area contributed by atoms with Crippen molar-refractivity contribution >= 4 is 17.2 Å². The number of nitrogens with zero attached hydrogens (tertiary/aromatic N) is 3. The van der Waals surface area contributed by atoms with E-state index >= 15 is 0 Å². The van der Waals surface area contributed by atoms with Crippen molar-refractivity contribution in [1.29, 1.82) is 0 Å². The van der Waals surface area contributed by atoms with Crippen molar-refractivity contribution < 1.29 is 9.32 Å². The van der Waals surface area contributed by atoms with E-state index in [2.05, 4.69) is 15.5 Å². The summed E-state index contributed by atoms with van der Waals surface area (Å²) in [7, 11) is 0. The topological polar surface area (TPSA) is 59.2 Å². The minimum absolute atomic E-state index is 0.164. The fourth-order valence-corrected chi connectivity index (χ4v) is 4.37. The zero-order valence-corrected chi connectivity index (χ0v) is 14.9. The molecule has 0 saturated carbocycles. The summed E-state index contributed by atoms with van der Waals surface area (Å²) in [6, 6.07) is 0. The summed E-state index contributed by atoms with van der Waals surface area (Å²) < 4.78 is 5.22. The van der Waals surface area contributed by atoms with Crippen LogP contribution in [0.15, 0.2) is 9.90 Å². The van der Waals surface area contributed by atoms with Crippen LogP contribution in [0.4, 0.5) is 0 Å². The third-order valence-corrected chi connectivity index (χ3v) is 5.74. The zero-order chi connectivity index (χ0) is 16.6. The van der Waals surface area contributed by atoms with Gasteiger partial charge in [0.1, 0.15) is 5.76 Å². The molecule has 1 aliphatic rings. The predicted molar refractivity (Wildman–Crippen MR) is 89.8 cm³/mol. The van der Waals surface area contributed by atoms with Crippen LogP contribution in [0.1, 0.15) is 59.3 Å². The fourth-order valence-electron chi connectivity index (χ4n) is 3.44. The van der Waals surface area contributed by atoms with Crippen LogP contribution in [0.5, 0.6) is 0 Å². The van der Waals surface area contributed by atoms with Gasteiger partial charge in [-0.1, -0.05) is 5.16 Å². The Morgan fingerprint density at radius 2 is 2.22 bits per heavy atom. The molecule has 0 N–H and O–H groups in total. The summed E-state index contributed by atoms with van der Waals surface area (Å²) in [5.74, 6) is 1.06. The molecule has 2 aromatic heterocycles. The van der Waals surface area contributed by atoms with Gasteiger partial charge >= 0.3 is 0 Å². The molecule has 1 saturated heterocycles. The molecule has 0 spiro atoms. The van der Waals surface area contributed by atoms with Crippen molar-refractivity contribution in [2.24, 2.45) is 0 Å². The average molecular weight is 333 g/mol. The summed E-state index contributed by atoms with van der Waals surface area (Å²) in [6.07, 6.45) is 2.14.